The lowest BCUT2D eigenvalue weighted by atomic mass is 10.2. The lowest BCUT2D eigenvalue weighted by molar-refractivity contribution is 0.383. The molecule has 0 amide bonds. The molecule has 30 heavy (non-hydrogen) atoms. The number of nitrogens with zero attached hydrogens (tertiary/aromatic N) is 5. The Kier molecular flexibility index (Phi) is 6.12. The summed E-state index contributed by atoms with van der Waals surface area (Å²) in [7, 11) is -3.40. The Morgan fingerprint density at radius 1 is 0.967 bits per heavy atom. The maximum Gasteiger partial charge on any atom is 0.218 e. The molecular formula is C20H21ClN6O2S. The van der Waals surface area contributed by atoms with Crippen molar-refractivity contribution < 1.29 is 8.42 Å². The van der Waals surface area contributed by atoms with E-state index in [1.807, 2.05) is 29.2 Å². The van der Waals surface area contributed by atoms with Crippen molar-refractivity contribution in [2.45, 2.75) is 5.75 Å². The summed E-state index contributed by atoms with van der Waals surface area (Å²) in [5.74, 6) is 1.30. The summed E-state index contributed by atoms with van der Waals surface area (Å²) in [5.41, 5.74) is 1.57. The molecule has 1 fully saturated rings. The van der Waals surface area contributed by atoms with Crippen molar-refractivity contribution in [3.8, 4) is 0 Å². The topological polar surface area (TPSA) is 91.3 Å². The van der Waals surface area contributed by atoms with Gasteiger partial charge in [-0.25, -0.2) is 8.42 Å². The van der Waals surface area contributed by atoms with Crippen LogP contribution in [0.3, 0.4) is 0 Å². The van der Waals surface area contributed by atoms with E-state index < -0.39 is 10.0 Å². The third-order valence-electron chi connectivity index (χ3n) is 4.80. The van der Waals surface area contributed by atoms with Gasteiger partial charge in [0.2, 0.25) is 10.0 Å². The molecule has 0 radical (unpaired) electrons. The molecule has 1 saturated heterocycles. The minimum atomic E-state index is -3.40. The molecule has 4 rings (SSSR count). The summed E-state index contributed by atoms with van der Waals surface area (Å²) in [6.45, 7) is 1.92. The number of pyridine rings is 1. The van der Waals surface area contributed by atoms with E-state index in [4.69, 9.17) is 11.6 Å². The zero-order valence-electron chi connectivity index (χ0n) is 16.1. The van der Waals surface area contributed by atoms with Crippen molar-refractivity contribution >= 4 is 38.9 Å². The van der Waals surface area contributed by atoms with Crippen LogP contribution in [0.5, 0.6) is 0 Å². The average Bonchev–Trinajstić information content (AvgIpc) is 2.75. The summed E-state index contributed by atoms with van der Waals surface area (Å²) < 4.78 is 27.0. The molecule has 3 aromatic rings. The summed E-state index contributed by atoms with van der Waals surface area (Å²) in [6, 6.07) is 14.4. The maximum atomic E-state index is 12.8. The molecule has 8 nitrogen and oxygen atoms in total. The van der Waals surface area contributed by atoms with Gasteiger partial charge >= 0.3 is 0 Å². The van der Waals surface area contributed by atoms with Crippen LogP contribution in [-0.4, -0.2) is 54.1 Å². The van der Waals surface area contributed by atoms with E-state index >= 15 is 0 Å². The summed E-state index contributed by atoms with van der Waals surface area (Å²) in [5, 5.41) is 12.2. The molecule has 0 saturated carbocycles. The second-order valence-corrected chi connectivity index (χ2v) is 9.32. The Bertz CT molecular complexity index is 1090. The van der Waals surface area contributed by atoms with Crippen molar-refractivity contribution in [2.75, 3.05) is 36.4 Å². The second-order valence-electron chi connectivity index (χ2n) is 6.91. The average molecular weight is 445 g/mol. The van der Waals surface area contributed by atoms with Gasteiger partial charge in [0.15, 0.2) is 11.6 Å². The molecule has 0 spiro atoms. The molecular weight excluding hydrogens is 424 g/mol. The standard InChI is InChI=1S/C20H21ClN6O2S/c21-17-3-1-2-16(14-17)15-30(28,29)27-12-10-26(11-13-27)20-5-4-19(24-25-20)23-18-6-8-22-9-7-18/h1-9,14H,10-13,15H2,(H,22,23,24). The van der Waals surface area contributed by atoms with Gasteiger partial charge in [-0.3, -0.25) is 4.98 Å². The van der Waals surface area contributed by atoms with Crippen LogP contribution in [0, 0.1) is 0 Å². The van der Waals surface area contributed by atoms with E-state index in [2.05, 4.69) is 20.5 Å². The van der Waals surface area contributed by atoms with Gasteiger partial charge in [0.05, 0.1) is 5.75 Å². The number of aromatic nitrogens is 3. The number of hydrogen-bond donors (Lipinski definition) is 1. The van der Waals surface area contributed by atoms with Crippen LogP contribution in [0.2, 0.25) is 5.02 Å². The number of nitrogens with one attached hydrogen (secondary N) is 1. The van der Waals surface area contributed by atoms with Gasteiger partial charge in [-0.05, 0) is 42.0 Å². The number of benzene rings is 1. The Balaban J connectivity index is 1.35. The van der Waals surface area contributed by atoms with Crippen LogP contribution in [-0.2, 0) is 15.8 Å². The Labute approximate surface area is 180 Å². The van der Waals surface area contributed by atoms with Crippen LogP contribution in [0.15, 0.2) is 60.9 Å². The van der Waals surface area contributed by atoms with Crippen LogP contribution >= 0.6 is 11.6 Å². The zero-order valence-corrected chi connectivity index (χ0v) is 17.7. The number of piperazine rings is 1. The Morgan fingerprint density at radius 2 is 1.73 bits per heavy atom. The SMILES string of the molecule is O=S(=O)(Cc1cccc(Cl)c1)N1CCN(c2ccc(Nc3ccncc3)nn2)CC1. The number of anilines is 3. The number of sulfonamides is 1. The van der Waals surface area contributed by atoms with Crippen molar-refractivity contribution in [3.05, 3.63) is 71.5 Å². The predicted octanol–water partition coefficient (Wildman–Crippen LogP) is 2.92. The summed E-state index contributed by atoms with van der Waals surface area (Å²) >= 11 is 5.97. The summed E-state index contributed by atoms with van der Waals surface area (Å²) in [4.78, 5) is 6.01. The molecule has 0 aliphatic carbocycles. The van der Waals surface area contributed by atoms with E-state index in [0.717, 1.165) is 11.5 Å². The highest BCUT2D eigenvalue weighted by atomic mass is 35.5. The van der Waals surface area contributed by atoms with Crippen LogP contribution in [0.25, 0.3) is 0 Å². The third kappa shape index (κ3) is 5.05. The first-order chi connectivity index (χ1) is 14.5. The van der Waals surface area contributed by atoms with Crippen LogP contribution in [0.1, 0.15) is 5.56 Å². The molecule has 1 N–H and O–H groups in total. The molecule has 0 bridgehead atoms. The quantitative estimate of drug-likeness (QED) is 0.624. The van der Waals surface area contributed by atoms with Gasteiger partial charge < -0.3 is 10.2 Å². The minimum absolute atomic E-state index is 0.0528. The van der Waals surface area contributed by atoms with E-state index in [-0.39, 0.29) is 5.75 Å². The maximum absolute atomic E-state index is 12.8. The monoisotopic (exact) mass is 444 g/mol. The van der Waals surface area contributed by atoms with Crippen LogP contribution < -0.4 is 10.2 Å². The first kappa shape index (κ1) is 20.5. The number of rotatable bonds is 6. The highest BCUT2D eigenvalue weighted by Gasteiger charge is 2.27. The van der Waals surface area contributed by atoms with Gasteiger partial charge in [-0.2, -0.15) is 4.31 Å². The van der Waals surface area contributed by atoms with E-state index in [0.29, 0.717) is 42.6 Å². The largest absolute Gasteiger partial charge is 0.352 e. The van der Waals surface area contributed by atoms with Gasteiger partial charge in [0.1, 0.15) is 0 Å². The lowest BCUT2D eigenvalue weighted by Gasteiger charge is -2.34. The van der Waals surface area contributed by atoms with Gasteiger partial charge in [0, 0.05) is 49.3 Å². The Morgan fingerprint density at radius 3 is 2.40 bits per heavy atom. The first-order valence-electron chi connectivity index (χ1n) is 9.48. The van der Waals surface area contributed by atoms with E-state index in [1.54, 1.807) is 36.7 Å². The molecule has 0 atom stereocenters. The van der Waals surface area contributed by atoms with Gasteiger partial charge in [-0.15, -0.1) is 10.2 Å². The van der Waals surface area contributed by atoms with Gasteiger partial charge in [0.25, 0.3) is 0 Å². The molecule has 156 valence electrons. The lowest BCUT2D eigenvalue weighted by Crippen LogP contribution is -2.49. The smallest absolute Gasteiger partial charge is 0.218 e. The predicted molar refractivity (Wildman–Crippen MR) is 117 cm³/mol. The molecule has 1 aromatic carbocycles. The normalized spacial score (nSPS) is 15.2. The molecule has 3 heterocycles. The highest BCUT2D eigenvalue weighted by Crippen LogP contribution is 2.20. The molecule has 10 heteroatoms. The third-order valence-corrected chi connectivity index (χ3v) is 6.88. The van der Waals surface area contributed by atoms with Crippen molar-refractivity contribution in [3.63, 3.8) is 0 Å². The molecule has 1 aliphatic rings. The van der Waals surface area contributed by atoms with Crippen LogP contribution in [0.4, 0.5) is 17.3 Å². The van der Waals surface area contributed by atoms with Crippen molar-refractivity contribution in [1.82, 2.24) is 19.5 Å². The van der Waals surface area contributed by atoms with E-state index in [1.165, 1.54) is 4.31 Å². The molecule has 1 aliphatic heterocycles. The molecule has 2 aromatic heterocycles. The zero-order chi connectivity index (χ0) is 21.0. The van der Waals surface area contributed by atoms with E-state index in [9.17, 15) is 8.42 Å². The highest BCUT2D eigenvalue weighted by molar-refractivity contribution is 7.88. The summed E-state index contributed by atoms with van der Waals surface area (Å²) in [6.07, 6.45) is 3.40. The Hall–Kier alpha value is -2.75. The van der Waals surface area contributed by atoms with Crippen molar-refractivity contribution in [1.29, 1.82) is 0 Å². The fourth-order valence-corrected chi connectivity index (χ4v) is 4.98. The fourth-order valence-electron chi connectivity index (χ4n) is 3.27. The fraction of sp³-hybridized carbons (Fsp3) is 0.250. The molecule has 0 unspecified atom stereocenters. The second kappa shape index (κ2) is 8.95. The number of hydrogen-bond acceptors (Lipinski definition) is 7. The first-order valence-corrected chi connectivity index (χ1v) is 11.5. The minimum Gasteiger partial charge on any atom is -0.352 e. The van der Waals surface area contributed by atoms with Crippen molar-refractivity contribution in [2.24, 2.45) is 0 Å². The number of halogens is 1. The van der Waals surface area contributed by atoms with Gasteiger partial charge in [-0.1, -0.05) is 23.7 Å².